The van der Waals surface area contributed by atoms with Crippen molar-refractivity contribution in [3.8, 4) is 0 Å². The van der Waals surface area contributed by atoms with Crippen LogP contribution in [0.25, 0.3) is 0 Å². The monoisotopic (exact) mass is 476 g/mol. The summed E-state index contributed by atoms with van der Waals surface area (Å²) in [7, 11) is 1.78. The van der Waals surface area contributed by atoms with E-state index >= 15 is 0 Å². The Morgan fingerprint density at radius 3 is 2.09 bits per heavy atom. The Kier molecular flexibility index (Phi) is 10.6. The molecule has 1 aliphatic heterocycles. The van der Waals surface area contributed by atoms with Gasteiger partial charge in [-0.15, -0.1) is 0 Å². The van der Waals surface area contributed by atoms with E-state index in [9.17, 15) is 14.4 Å². The molecule has 34 heavy (non-hydrogen) atoms. The summed E-state index contributed by atoms with van der Waals surface area (Å²) in [4.78, 5) is 43.4. The zero-order valence-corrected chi connectivity index (χ0v) is 22.7. The van der Waals surface area contributed by atoms with E-state index in [0.29, 0.717) is 5.57 Å². The third-order valence-corrected chi connectivity index (χ3v) is 7.44. The van der Waals surface area contributed by atoms with Crippen LogP contribution in [0.4, 0.5) is 0 Å². The fourth-order valence-corrected chi connectivity index (χ4v) is 4.92. The molecule has 2 fully saturated rings. The smallest absolute Gasteiger partial charge is 0.246 e. The van der Waals surface area contributed by atoms with Crippen molar-refractivity contribution in [3.05, 3.63) is 11.6 Å². The number of piperidine rings is 1. The van der Waals surface area contributed by atoms with Gasteiger partial charge >= 0.3 is 0 Å². The maximum atomic E-state index is 13.6. The number of likely N-dealkylation sites (N-methyl/N-ethyl adjacent to an activating group) is 1. The molecule has 1 saturated carbocycles. The van der Waals surface area contributed by atoms with Crippen molar-refractivity contribution in [1.29, 1.82) is 0 Å². The number of hydrogen-bond donors (Lipinski definition) is 2. The molecule has 1 saturated heterocycles. The molecule has 194 valence electrons. The van der Waals surface area contributed by atoms with E-state index in [0.717, 1.165) is 45.1 Å². The van der Waals surface area contributed by atoms with Crippen LogP contribution in [0.2, 0.25) is 0 Å². The Labute approximate surface area is 207 Å². The number of rotatable bonds is 10. The summed E-state index contributed by atoms with van der Waals surface area (Å²) in [6.07, 6.45) is 8.10. The zero-order valence-electron chi connectivity index (χ0n) is 22.7. The van der Waals surface area contributed by atoms with Crippen LogP contribution >= 0.6 is 0 Å². The van der Waals surface area contributed by atoms with E-state index in [1.165, 1.54) is 0 Å². The molecule has 3 amide bonds. The average Bonchev–Trinajstić information content (AvgIpc) is 2.76. The number of nitrogens with zero attached hydrogens (tertiary/aromatic N) is 2. The first kappa shape index (κ1) is 28.3. The van der Waals surface area contributed by atoms with Crippen molar-refractivity contribution in [2.45, 2.75) is 117 Å². The van der Waals surface area contributed by atoms with Crippen LogP contribution in [0.1, 0.15) is 87.0 Å². The van der Waals surface area contributed by atoms with Gasteiger partial charge in [0.1, 0.15) is 6.04 Å². The summed E-state index contributed by atoms with van der Waals surface area (Å²) < 4.78 is 0. The summed E-state index contributed by atoms with van der Waals surface area (Å²) in [6, 6.07) is -0.465. The standard InChI is InChI=1S/C27H48N4O3/c1-17(2)23(16-20(7)25(32)28-21-12-11-13-21)30(8)27(34)24(18(3)4)29-26(33)22-14-9-10-15-31(22)19(5)6/h16-19,21-24H,9-15H2,1-8H3,(H,28,32)(H,29,33)/b20-16+/t22?,23-,24+/m1/s1. The lowest BCUT2D eigenvalue weighted by molar-refractivity contribution is -0.140. The Morgan fingerprint density at radius 1 is 0.941 bits per heavy atom. The van der Waals surface area contributed by atoms with Gasteiger partial charge in [-0.2, -0.15) is 0 Å². The molecule has 2 rings (SSSR count). The molecule has 0 spiro atoms. The van der Waals surface area contributed by atoms with Crippen LogP contribution in [-0.2, 0) is 14.4 Å². The van der Waals surface area contributed by atoms with Gasteiger partial charge in [0.2, 0.25) is 17.7 Å². The van der Waals surface area contributed by atoms with Gasteiger partial charge in [0.05, 0.1) is 12.1 Å². The minimum atomic E-state index is -0.604. The molecule has 7 heteroatoms. The topological polar surface area (TPSA) is 81.8 Å². The zero-order chi connectivity index (χ0) is 25.6. The first-order chi connectivity index (χ1) is 15.9. The molecule has 0 bridgehead atoms. The van der Waals surface area contributed by atoms with Crippen molar-refractivity contribution in [2.24, 2.45) is 11.8 Å². The highest BCUT2D eigenvalue weighted by Gasteiger charge is 2.36. The van der Waals surface area contributed by atoms with Gasteiger partial charge in [0, 0.05) is 24.7 Å². The summed E-state index contributed by atoms with van der Waals surface area (Å²) in [6.45, 7) is 15.0. The van der Waals surface area contributed by atoms with E-state index in [1.54, 1.807) is 11.9 Å². The number of amides is 3. The van der Waals surface area contributed by atoms with Gasteiger partial charge in [0.25, 0.3) is 0 Å². The van der Waals surface area contributed by atoms with E-state index in [1.807, 2.05) is 40.7 Å². The fraction of sp³-hybridized carbons (Fsp3) is 0.815. The van der Waals surface area contributed by atoms with Crippen LogP contribution in [0.15, 0.2) is 11.6 Å². The Balaban J connectivity index is 2.14. The lowest BCUT2D eigenvalue weighted by atomic mass is 9.92. The second kappa shape index (κ2) is 12.7. The van der Waals surface area contributed by atoms with Gasteiger partial charge in [-0.1, -0.05) is 40.2 Å². The van der Waals surface area contributed by atoms with Gasteiger partial charge in [-0.05, 0) is 71.3 Å². The Bertz CT molecular complexity index is 742. The van der Waals surface area contributed by atoms with Gasteiger partial charge in [-0.25, -0.2) is 0 Å². The Hall–Kier alpha value is -1.89. The van der Waals surface area contributed by atoms with E-state index in [2.05, 4.69) is 29.4 Å². The summed E-state index contributed by atoms with van der Waals surface area (Å²) in [5.41, 5.74) is 0.630. The molecule has 2 N–H and O–H groups in total. The SMILES string of the molecule is C/C(=C\[C@H](C(C)C)N(C)C(=O)[C@@H](NC(=O)C1CCCCN1C(C)C)C(C)C)C(=O)NC1CCC1. The van der Waals surface area contributed by atoms with Crippen LogP contribution < -0.4 is 10.6 Å². The second-order valence-electron chi connectivity index (χ2n) is 11.2. The average molecular weight is 477 g/mol. The van der Waals surface area contributed by atoms with Gasteiger partial charge in [0.15, 0.2) is 0 Å². The maximum absolute atomic E-state index is 13.6. The summed E-state index contributed by atoms with van der Waals surface area (Å²) >= 11 is 0. The van der Waals surface area contributed by atoms with Crippen molar-refractivity contribution >= 4 is 17.7 Å². The van der Waals surface area contributed by atoms with Crippen LogP contribution in [-0.4, -0.2) is 71.3 Å². The highest BCUT2D eigenvalue weighted by atomic mass is 16.2. The number of carbonyl (C=O) groups is 3. The maximum Gasteiger partial charge on any atom is 0.246 e. The molecule has 0 radical (unpaired) electrons. The third-order valence-electron chi connectivity index (χ3n) is 7.44. The summed E-state index contributed by atoms with van der Waals surface area (Å²) in [5, 5.41) is 6.16. The number of nitrogens with one attached hydrogen (secondary N) is 2. The summed E-state index contributed by atoms with van der Waals surface area (Å²) in [5.74, 6) is -0.150. The molecule has 1 unspecified atom stereocenters. The molecular formula is C27H48N4O3. The number of hydrogen-bond acceptors (Lipinski definition) is 4. The van der Waals surface area contributed by atoms with Crippen molar-refractivity contribution in [1.82, 2.24) is 20.4 Å². The predicted octanol–water partition coefficient (Wildman–Crippen LogP) is 3.49. The number of carbonyl (C=O) groups excluding carboxylic acids is 3. The highest BCUT2D eigenvalue weighted by Crippen LogP contribution is 2.22. The first-order valence-electron chi connectivity index (χ1n) is 13.3. The normalized spacial score (nSPS) is 21.9. The predicted molar refractivity (Wildman–Crippen MR) is 137 cm³/mol. The van der Waals surface area contributed by atoms with Crippen LogP contribution in [0, 0.1) is 11.8 Å². The second-order valence-corrected chi connectivity index (χ2v) is 11.2. The van der Waals surface area contributed by atoms with E-state index < -0.39 is 6.04 Å². The van der Waals surface area contributed by atoms with Crippen molar-refractivity contribution < 1.29 is 14.4 Å². The molecule has 3 atom stereocenters. The van der Waals surface area contributed by atoms with Crippen molar-refractivity contribution in [3.63, 3.8) is 0 Å². The quantitative estimate of drug-likeness (QED) is 0.473. The molecule has 0 aromatic heterocycles. The lowest BCUT2D eigenvalue weighted by Gasteiger charge is -2.39. The van der Waals surface area contributed by atoms with E-state index in [-0.39, 0.29) is 53.7 Å². The van der Waals surface area contributed by atoms with E-state index in [4.69, 9.17) is 0 Å². The van der Waals surface area contributed by atoms with Crippen molar-refractivity contribution in [2.75, 3.05) is 13.6 Å². The van der Waals surface area contributed by atoms with Gasteiger partial charge in [-0.3, -0.25) is 19.3 Å². The lowest BCUT2D eigenvalue weighted by Crippen LogP contribution is -2.58. The van der Waals surface area contributed by atoms with Crippen LogP contribution in [0.5, 0.6) is 0 Å². The Morgan fingerprint density at radius 2 is 1.59 bits per heavy atom. The highest BCUT2D eigenvalue weighted by molar-refractivity contribution is 5.93. The number of likely N-dealkylation sites (tertiary alicyclic amines) is 1. The largest absolute Gasteiger partial charge is 0.350 e. The molecule has 2 aliphatic rings. The third kappa shape index (κ3) is 7.30. The molecule has 7 nitrogen and oxygen atoms in total. The molecule has 1 aliphatic carbocycles. The minimum absolute atomic E-state index is 0.0465. The first-order valence-corrected chi connectivity index (χ1v) is 13.3. The molecular weight excluding hydrogens is 428 g/mol. The van der Waals surface area contributed by atoms with Crippen LogP contribution in [0.3, 0.4) is 0 Å². The van der Waals surface area contributed by atoms with Gasteiger partial charge < -0.3 is 15.5 Å². The fourth-order valence-electron chi connectivity index (χ4n) is 4.92. The molecule has 1 heterocycles. The minimum Gasteiger partial charge on any atom is -0.350 e. The molecule has 0 aromatic carbocycles. The molecule has 0 aromatic rings.